The largest absolute Gasteiger partial charge is 0.353 e. The zero-order valence-electron chi connectivity index (χ0n) is 19.2. The van der Waals surface area contributed by atoms with Crippen LogP contribution >= 0.6 is 11.6 Å². The van der Waals surface area contributed by atoms with Gasteiger partial charge >= 0.3 is 0 Å². The topological polar surface area (TPSA) is 88.7 Å². The second-order valence-corrected chi connectivity index (χ2v) is 8.80. The molecule has 174 valence electrons. The molecule has 0 fully saturated rings. The fourth-order valence-corrected chi connectivity index (χ4v) is 3.65. The second kappa shape index (κ2) is 11.1. The minimum absolute atomic E-state index is 0.00667. The van der Waals surface area contributed by atoms with Crippen molar-refractivity contribution in [1.82, 2.24) is 14.4 Å². The number of nitro groups is 1. The number of aromatic nitrogens is 1. The molecule has 0 aliphatic carbocycles. The molecule has 2 rings (SSSR count). The predicted molar refractivity (Wildman–Crippen MR) is 125 cm³/mol. The fourth-order valence-electron chi connectivity index (χ4n) is 3.39. The third-order valence-electron chi connectivity index (χ3n) is 5.43. The van der Waals surface area contributed by atoms with E-state index in [4.69, 9.17) is 11.6 Å². The second-order valence-electron chi connectivity index (χ2n) is 8.39. The van der Waals surface area contributed by atoms with E-state index in [0.29, 0.717) is 19.5 Å². The van der Waals surface area contributed by atoms with Crippen LogP contribution in [0.2, 0.25) is 5.02 Å². The maximum Gasteiger partial charge on any atom is 0.270 e. The molecule has 8 nitrogen and oxygen atoms in total. The molecule has 9 heteroatoms. The Bertz CT molecular complexity index is 973. The summed E-state index contributed by atoms with van der Waals surface area (Å²) in [6.07, 6.45) is 2.57. The van der Waals surface area contributed by atoms with Gasteiger partial charge in [-0.25, -0.2) is 0 Å². The lowest BCUT2D eigenvalue weighted by Gasteiger charge is -2.32. The molecule has 1 aromatic heterocycles. The van der Waals surface area contributed by atoms with Gasteiger partial charge in [0.15, 0.2) is 0 Å². The van der Waals surface area contributed by atoms with Crippen molar-refractivity contribution >= 4 is 29.1 Å². The number of benzene rings is 1. The van der Waals surface area contributed by atoms with Gasteiger partial charge in [-0.15, -0.1) is 0 Å². The number of hydrogen-bond donors (Lipinski definition) is 0. The van der Waals surface area contributed by atoms with Crippen molar-refractivity contribution in [1.29, 1.82) is 0 Å². The van der Waals surface area contributed by atoms with Crippen LogP contribution in [0.25, 0.3) is 0 Å². The van der Waals surface area contributed by atoms with E-state index in [1.165, 1.54) is 17.0 Å². The molecule has 0 saturated carbocycles. The number of aryl methyl sites for hydroxylation is 1. The zero-order chi connectivity index (χ0) is 24.0. The number of carbonyl (C=O) groups excluding carboxylic acids is 2. The minimum Gasteiger partial charge on any atom is -0.353 e. The van der Waals surface area contributed by atoms with Crippen molar-refractivity contribution < 1.29 is 14.5 Å². The lowest BCUT2D eigenvalue weighted by atomic mass is 10.1. The Hall–Kier alpha value is -2.87. The maximum atomic E-state index is 13.3. The van der Waals surface area contributed by atoms with E-state index in [1.54, 1.807) is 4.90 Å². The minimum atomic E-state index is -0.566. The number of rotatable bonds is 10. The van der Waals surface area contributed by atoms with Crippen molar-refractivity contribution in [3.05, 3.63) is 62.9 Å². The number of nitrogens with zero attached hydrogens (tertiary/aromatic N) is 4. The van der Waals surface area contributed by atoms with Crippen molar-refractivity contribution in [2.75, 3.05) is 13.1 Å². The number of nitro benzene ring substituents is 1. The lowest BCUT2D eigenvalue weighted by Crippen LogP contribution is -2.47. The molecule has 2 amide bonds. The molecule has 1 atom stereocenters. The van der Waals surface area contributed by atoms with Gasteiger partial charge < -0.3 is 14.4 Å². The average Bonchev–Trinajstić information content (AvgIpc) is 3.14. The van der Waals surface area contributed by atoms with Gasteiger partial charge in [-0.1, -0.05) is 32.4 Å². The lowest BCUT2D eigenvalue weighted by molar-refractivity contribution is -0.384. The van der Waals surface area contributed by atoms with Crippen molar-refractivity contribution in [2.24, 2.45) is 13.0 Å². The molecule has 0 bridgehead atoms. The molecule has 0 radical (unpaired) electrons. The average molecular weight is 463 g/mol. The fraction of sp³-hybridized carbons (Fsp3) is 0.478. The van der Waals surface area contributed by atoms with Crippen LogP contribution in [0.1, 0.15) is 50.2 Å². The van der Waals surface area contributed by atoms with E-state index in [9.17, 15) is 19.7 Å². The van der Waals surface area contributed by atoms with Gasteiger partial charge in [-0.2, -0.15) is 0 Å². The van der Waals surface area contributed by atoms with Crippen LogP contribution < -0.4 is 0 Å². The number of carbonyl (C=O) groups is 2. The first-order valence-electron chi connectivity index (χ1n) is 10.7. The summed E-state index contributed by atoms with van der Waals surface area (Å²) in [6, 6.07) is 7.43. The van der Waals surface area contributed by atoms with Gasteiger partial charge in [-0.3, -0.25) is 19.7 Å². The van der Waals surface area contributed by atoms with E-state index in [-0.39, 0.29) is 40.7 Å². The van der Waals surface area contributed by atoms with Crippen LogP contribution in [-0.2, 0) is 18.4 Å². The van der Waals surface area contributed by atoms with E-state index in [1.807, 2.05) is 57.6 Å². The van der Waals surface area contributed by atoms with Crippen LogP contribution in [-0.4, -0.2) is 50.2 Å². The Morgan fingerprint density at radius 1 is 1.22 bits per heavy atom. The first-order valence-corrected chi connectivity index (χ1v) is 11.1. The van der Waals surface area contributed by atoms with Gasteiger partial charge in [0.05, 0.1) is 22.1 Å². The van der Waals surface area contributed by atoms with E-state index in [0.717, 1.165) is 11.8 Å². The van der Waals surface area contributed by atoms with Crippen LogP contribution in [0.5, 0.6) is 0 Å². The third kappa shape index (κ3) is 6.32. The highest BCUT2D eigenvalue weighted by molar-refractivity contribution is 6.34. The van der Waals surface area contributed by atoms with Gasteiger partial charge in [0.2, 0.25) is 5.91 Å². The molecular formula is C23H31ClN4O4. The van der Waals surface area contributed by atoms with Crippen LogP contribution in [0.15, 0.2) is 36.5 Å². The number of halogens is 1. The third-order valence-corrected chi connectivity index (χ3v) is 5.74. The van der Waals surface area contributed by atoms with Crippen molar-refractivity contribution in [3.63, 3.8) is 0 Å². The number of hydrogen-bond acceptors (Lipinski definition) is 4. The Morgan fingerprint density at radius 3 is 2.41 bits per heavy atom. The summed E-state index contributed by atoms with van der Waals surface area (Å²) in [5, 5.41) is 11.0. The predicted octanol–water partition coefficient (Wildman–Crippen LogP) is 4.51. The smallest absolute Gasteiger partial charge is 0.270 e. The van der Waals surface area contributed by atoms with Gasteiger partial charge in [-0.05, 0) is 37.5 Å². The Labute approximate surface area is 193 Å². The summed E-state index contributed by atoms with van der Waals surface area (Å²) in [4.78, 5) is 40.3. The number of amides is 2. The SMILES string of the molecule is CC[C@@H](C)N(CC(=O)N(Cc1cccn1C)CC(C)C)C(=O)c1ccc([N+](=O)[O-])cc1Cl. The number of non-ortho nitro benzene ring substituents is 1. The molecule has 0 unspecified atom stereocenters. The summed E-state index contributed by atoms with van der Waals surface area (Å²) in [5.74, 6) is -0.321. The summed E-state index contributed by atoms with van der Waals surface area (Å²) < 4.78 is 1.97. The maximum absolute atomic E-state index is 13.3. The highest BCUT2D eigenvalue weighted by Crippen LogP contribution is 2.25. The normalized spacial score (nSPS) is 12.0. The Morgan fingerprint density at radius 2 is 1.91 bits per heavy atom. The van der Waals surface area contributed by atoms with Crippen molar-refractivity contribution in [2.45, 2.75) is 46.7 Å². The molecule has 0 spiro atoms. The highest BCUT2D eigenvalue weighted by Gasteiger charge is 2.28. The zero-order valence-corrected chi connectivity index (χ0v) is 20.0. The summed E-state index contributed by atoms with van der Waals surface area (Å²) in [6.45, 7) is 8.79. The first-order chi connectivity index (χ1) is 15.0. The standard InChI is InChI=1S/C23H31ClN4O4/c1-6-17(4)27(23(30)20-10-9-18(28(31)32)12-21(20)24)15-22(29)26(13-16(2)3)14-19-8-7-11-25(19)5/h7-12,16-17H,6,13-15H2,1-5H3/t17-/m1/s1. The van der Waals surface area contributed by atoms with E-state index >= 15 is 0 Å². The first kappa shape index (κ1) is 25.4. The monoisotopic (exact) mass is 462 g/mol. The van der Waals surface area contributed by atoms with E-state index < -0.39 is 10.8 Å². The Balaban J connectivity index is 2.29. The summed E-state index contributed by atoms with van der Waals surface area (Å²) >= 11 is 6.19. The van der Waals surface area contributed by atoms with Gasteiger partial charge in [0.25, 0.3) is 11.6 Å². The molecule has 0 saturated heterocycles. The molecule has 32 heavy (non-hydrogen) atoms. The van der Waals surface area contributed by atoms with Gasteiger partial charge in [0, 0.05) is 43.7 Å². The molecule has 1 heterocycles. The molecule has 2 aromatic rings. The van der Waals surface area contributed by atoms with Crippen LogP contribution in [0.3, 0.4) is 0 Å². The molecule has 0 aliphatic heterocycles. The molecular weight excluding hydrogens is 432 g/mol. The quantitative estimate of drug-likeness (QED) is 0.383. The van der Waals surface area contributed by atoms with Crippen LogP contribution in [0.4, 0.5) is 5.69 Å². The Kier molecular flexibility index (Phi) is 8.83. The van der Waals surface area contributed by atoms with Crippen LogP contribution in [0, 0.1) is 16.0 Å². The van der Waals surface area contributed by atoms with Crippen molar-refractivity contribution in [3.8, 4) is 0 Å². The molecule has 1 aromatic carbocycles. The molecule has 0 aliphatic rings. The highest BCUT2D eigenvalue weighted by atomic mass is 35.5. The van der Waals surface area contributed by atoms with Gasteiger partial charge in [0.1, 0.15) is 6.54 Å². The van der Waals surface area contributed by atoms with E-state index in [2.05, 4.69) is 0 Å². The summed E-state index contributed by atoms with van der Waals surface area (Å²) in [5.41, 5.74) is 0.949. The summed E-state index contributed by atoms with van der Waals surface area (Å²) in [7, 11) is 1.93. The molecule has 0 N–H and O–H groups in total.